The molecule has 7 heteroatoms. The quantitative estimate of drug-likeness (QED) is 0.747. The van der Waals surface area contributed by atoms with Gasteiger partial charge in [-0.05, 0) is 26.7 Å². The third-order valence-electron chi connectivity index (χ3n) is 2.77. The zero-order chi connectivity index (χ0) is 15.1. The molecule has 1 heterocycles. The molecule has 0 aliphatic carbocycles. The molecule has 5 nitrogen and oxygen atoms in total. The van der Waals surface area contributed by atoms with Crippen LogP contribution in [0.1, 0.15) is 34.6 Å². The van der Waals surface area contributed by atoms with Gasteiger partial charge in [-0.3, -0.25) is 4.79 Å². The van der Waals surface area contributed by atoms with E-state index in [1.54, 1.807) is 0 Å². The van der Waals surface area contributed by atoms with Crippen LogP contribution in [0.15, 0.2) is 4.34 Å². The number of thioether (sulfide) groups is 1. The zero-order valence-electron chi connectivity index (χ0n) is 12.8. The molecular formula is C13H24N4OS2. The lowest BCUT2D eigenvalue weighted by atomic mass is 10.2. The average Bonchev–Trinajstić information content (AvgIpc) is 2.85. The molecular weight excluding hydrogens is 292 g/mol. The van der Waals surface area contributed by atoms with E-state index in [1.807, 2.05) is 25.7 Å². The van der Waals surface area contributed by atoms with Crippen molar-refractivity contribution in [3.63, 3.8) is 0 Å². The molecule has 1 atom stereocenters. The van der Waals surface area contributed by atoms with Crippen molar-refractivity contribution >= 4 is 34.1 Å². The molecule has 1 aromatic rings. The van der Waals surface area contributed by atoms with Crippen LogP contribution in [0.2, 0.25) is 0 Å². The van der Waals surface area contributed by atoms with Crippen LogP contribution in [0, 0.1) is 5.92 Å². The molecule has 20 heavy (non-hydrogen) atoms. The maximum atomic E-state index is 12.2. The fourth-order valence-electron chi connectivity index (χ4n) is 1.61. The Morgan fingerprint density at radius 1 is 1.30 bits per heavy atom. The number of carbonyl (C=O) groups excluding carboxylic acids is 1. The van der Waals surface area contributed by atoms with Crippen molar-refractivity contribution in [3.8, 4) is 0 Å². The van der Waals surface area contributed by atoms with Crippen molar-refractivity contribution in [1.29, 1.82) is 0 Å². The Kier molecular flexibility index (Phi) is 7.29. The molecule has 0 saturated heterocycles. The van der Waals surface area contributed by atoms with Gasteiger partial charge >= 0.3 is 0 Å². The number of amides is 1. The number of hydrogen-bond acceptors (Lipinski definition) is 6. The Labute approximate surface area is 129 Å². The van der Waals surface area contributed by atoms with Gasteiger partial charge in [-0.15, -0.1) is 10.2 Å². The van der Waals surface area contributed by atoms with E-state index in [0.29, 0.717) is 5.92 Å². The highest BCUT2D eigenvalue weighted by Gasteiger charge is 2.21. The maximum Gasteiger partial charge on any atom is 0.235 e. The normalized spacial score (nSPS) is 12.5. The monoisotopic (exact) mass is 316 g/mol. The molecule has 0 radical (unpaired) electrons. The molecule has 1 rings (SSSR count). The van der Waals surface area contributed by atoms with E-state index in [2.05, 4.69) is 29.4 Å². The van der Waals surface area contributed by atoms with Crippen LogP contribution < -0.4 is 5.32 Å². The molecule has 0 spiro atoms. The second-order valence-electron chi connectivity index (χ2n) is 4.92. The molecule has 1 aromatic heterocycles. The standard InChI is InChI=1S/C13H24N4OS2/c1-6-17(7-2)11(18)10(5)19-13-16-15-12(20-13)14-8-9(3)4/h9-10H,6-8H2,1-5H3,(H,14,15). The van der Waals surface area contributed by atoms with Gasteiger partial charge in [-0.1, -0.05) is 36.9 Å². The van der Waals surface area contributed by atoms with E-state index in [4.69, 9.17) is 0 Å². The fourth-order valence-corrected chi connectivity index (χ4v) is 3.60. The molecule has 114 valence electrons. The van der Waals surface area contributed by atoms with Crippen molar-refractivity contribution in [2.45, 2.75) is 44.2 Å². The molecule has 1 unspecified atom stereocenters. The van der Waals surface area contributed by atoms with E-state index >= 15 is 0 Å². The van der Waals surface area contributed by atoms with Crippen LogP contribution in [0.3, 0.4) is 0 Å². The second kappa shape index (κ2) is 8.46. The molecule has 1 amide bonds. The minimum Gasteiger partial charge on any atom is -0.360 e. The van der Waals surface area contributed by atoms with Gasteiger partial charge < -0.3 is 10.2 Å². The minimum atomic E-state index is -0.124. The van der Waals surface area contributed by atoms with Crippen LogP contribution in [-0.2, 0) is 4.79 Å². The summed E-state index contributed by atoms with van der Waals surface area (Å²) >= 11 is 2.99. The summed E-state index contributed by atoms with van der Waals surface area (Å²) in [4.78, 5) is 14.0. The van der Waals surface area contributed by atoms with Crippen LogP contribution in [0.4, 0.5) is 5.13 Å². The average molecular weight is 316 g/mol. The highest BCUT2D eigenvalue weighted by atomic mass is 32.2. The van der Waals surface area contributed by atoms with Crippen molar-refractivity contribution < 1.29 is 4.79 Å². The number of nitrogens with one attached hydrogen (secondary N) is 1. The SMILES string of the molecule is CCN(CC)C(=O)C(C)Sc1nnc(NCC(C)C)s1. The van der Waals surface area contributed by atoms with E-state index in [-0.39, 0.29) is 11.2 Å². The molecule has 0 aliphatic rings. The predicted molar refractivity (Wildman–Crippen MR) is 86.5 cm³/mol. The van der Waals surface area contributed by atoms with Gasteiger partial charge in [0.25, 0.3) is 0 Å². The molecule has 1 N–H and O–H groups in total. The van der Waals surface area contributed by atoms with Gasteiger partial charge in [-0.25, -0.2) is 0 Å². The van der Waals surface area contributed by atoms with Crippen molar-refractivity contribution in [3.05, 3.63) is 0 Å². The summed E-state index contributed by atoms with van der Waals surface area (Å²) in [5.41, 5.74) is 0. The van der Waals surface area contributed by atoms with Crippen molar-refractivity contribution in [2.24, 2.45) is 5.92 Å². The topological polar surface area (TPSA) is 58.1 Å². The summed E-state index contributed by atoms with van der Waals surface area (Å²) in [7, 11) is 0. The molecule has 0 aliphatic heterocycles. The summed E-state index contributed by atoms with van der Waals surface area (Å²) in [6, 6.07) is 0. The Bertz CT molecular complexity index is 418. The summed E-state index contributed by atoms with van der Waals surface area (Å²) < 4.78 is 0.837. The van der Waals surface area contributed by atoms with Crippen molar-refractivity contribution in [1.82, 2.24) is 15.1 Å². The lowest BCUT2D eigenvalue weighted by Gasteiger charge is -2.21. The second-order valence-corrected chi connectivity index (χ2v) is 7.48. The summed E-state index contributed by atoms with van der Waals surface area (Å²) in [5.74, 6) is 0.727. The number of carbonyl (C=O) groups is 1. The molecule has 0 aromatic carbocycles. The predicted octanol–water partition coefficient (Wildman–Crippen LogP) is 2.96. The van der Waals surface area contributed by atoms with Crippen LogP contribution in [0.5, 0.6) is 0 Å². The van der Waals surface area contributed by atoms with E-state index in [1.165, 1.54) is 23.1 Å². The lowest BCUT2D eigenvalue weighted by Crippen LogP contribution is -2.36. The largest absolute Gasteiger partial charge is 0.360 e. The molecule has 0 bridgehead atoms. The summed E-state index contributed by atoms with van der Waals surface area (Å²) in [6.45, 7) is 12.6. The highest BCUT2D eigenvalue weighted by Crippen LogP contribution is 2.29. The van der Waals surface area contributed by atoms with E-state index in [9.17, 15) is 4.79 Å². The van der Waals surface area contributed by atoms with E-state index < -0.39 is 0 Å². The first-order valence-electron chi connectivity index (χ1n) is 7.00. The minimum absolute atomic E-state index is 0.124. The summed E-state index contributed by atoms with van der Waals surface area (Å²) in [6.07, 6.45) is 0. The maximum absolute atomic E-state index is 12.2. The van der Waals surface area contributed by atoms with Gasteiger partial charge in [0.05, 0.1) is 5.25 Å². The van der Waals surface area contributed by atoms with Crippen LogP contribution in [-0.4, -0.2) is 45.9 Å². The Morgan fingerprint density at radius 3 is 2.50 bits per heavy atom. The lowest BCUT2D eigenvalue weighted by molar-refractivity contribution is -0.129. The van der Waals surface area contributed by atoms with Gasteiger partial charge in [0.15, 0.2) is 4.34 Å². The number of anilines is 1. The van der Waals surface area contributed by atoms with E-state index in [0.717, 1.165) is 29.1 Å². The first kappa shape index (κ1) is 17.2. The van der Waals surface area contributed by atoms with Crippen LogP contribution in [0.25, 0.3) is 0 Å². The van der Waals surface area contributed by atoms with Crippen LogP contribution >= 0.6 is 23.1 Å². The number of aromatic nitrogens is 2. The van der Waals surface area contributed by atoms with Gasteiger partial charge in [-0.2, -0.15) is 0 Å². The highest BCUT2D eigenvalue weighted by molar-refractivity contribution is 8.02. The Balaban J connectivity index is 2.53. The number of hydrogen-bond donors (Lipinski definition) is 1. The zero-order valence-corrected chi connectivity index (χ0v) is 14.5. The van der Waals surface area contributed by atoms with Gasteiger partial charge in [0, 0.05) is 19.6 Å². The van der Waals surface area contributed by atoms with Gasteiger partial charge in [0.2, 0.25) is 11.0 Å². The molecule has 0 saturated carbocycles. The Hall–Kier alpha value is -0.820. The number of rotatable bonds is 8. The molecule has 0 fully saturated rings. The third kappa shape index (κ3) is 5.28. The Morgan fingerprint density at radius 2 is 1.95 bits per heavy atom. The first-order valence-corrected chi connectivity index (χ1v) is 8.70. The van der Waals surface area contributed by atoms with Crippen molar-refractivity contribution in [2.75, 3.05) is 25.0 Å². The fraction of sp³-hybridized carbons (Fsp3) is 0.769. The number of nitrogens with zero attached hydrogens (tertiary/aromatic N) is 3. The third-order valence-corrected chi connectivity index (χ3v) is 4.82. The van der Waals surface area contributed by atoms with Gasteiger partial charge in [0.1, 0.15) is 0 Å². The summed E-state index contributed by atoms with van der Waals surface area (Å²) in [5, 5.41) is 12.2. The first-order chi connectivity index (χ1) is 9.47. The smallest absolute Gasteiger partial charge is 0.235 e.